The number of carbonyl (C=O) groups excluding carboxylic acids is 2. The van der Waals surface area contributed by atoms with Crippen molar-refractivity contribution in [3.63, 3.8) is 0 Å². The topological polar surface area (TPSA) is 85.3 Å². The van der Waals surface area contributed by atoms with Gasteiger partial charge in [-0.05, 0) is 36.2 Å². The van der Waals surface area contributed by atoms with Crippen molar-refractivity contribution in [1.29, 1.82) is 0 Å². The van der Waals surface area contributed by atoms with Crippen LogP contribution in [0, 0.1) is 0 Å². The second-order valence-corrected chi connectivity index (χ2v) is 7.49. The fourth-order valence-corrected chi connectivity index (χ4v) is 3.65. The van der Waals surface area contributed by atoms with E-state index in [4.69, 9.17) is 14.2 Å². The van der Waals surface area contributed by atoms with Crippen LogP contribution in [0.5, 0.6) is 11.5 Å². The van der Waals surface area contributed by atoms with Gasteiger partial charge in [-0.2, -0.15) is 0 Å². The lowest BCUT2D eigenvalue weighted by Gasteiger charge is -2.25. The molecule has 2 aromatic rings. The van der Waals surface area contributed by atoms with Crippen molar-refractivity contribution >= 4 is 17.4 Å². The molecule has 0 saturated carbocycles. The number of unbranched alkanes of at least 4 members (excludes halogenated alkanes) is 1. The summed E-state index contributed by atoms with van der Waals surface area (Å²) in [7, 11) is 3.05. The fraction of sp³-hybridized carbons (Fsp3) is 0.360. The highest BCUT2D eigenvalue weighted by atomic mass is 16.5. The number of hydrogen-bond acceptors (Lipinski definition) is 6. The lowest BCUT2D eigenvalue weighted by molar-refractivity contribution is -0.140. The summed E-state index contributed by atoms with van der Waals surface area (Å²) in [6.07, 6.45) is 2.00. The Morgan fingerprint density at radius 1 is 1.03 bits per heavy atom. The lowest BCUT2D eigenvalue weighted by Crippen LogP contribution is -2.32. The molecular formula is C25H29NO6. The third kappa shape index (κ3) is 4.94. The lowest BCUT2D eigenvalue weighted by atomic mass is 9.95. The average Bonchev–Trinajstić information content (AvgIpc) is 3.07. The third-order valence-electron chi connectivity index (χ3n) is 5.38. The van der Waals surface area contributed by atoms with E-state index in [1.807, 2.05) is 24.3 Å². The molecule has 0 bridgehead atoms. The van der Waals surface area contributed by atoms with Crippen LogP contribution >= 0.6 is 0 Å². The number of carbonyl (C=O) groups is 2. The summed E-state index contributed by atoms with van der Waals surface area (Å²) in [6, 6.07) is 13.3. The molecule has 1 N–H and O–H groups in total. The Bertz CT molecular complexity index is 982. The Morgan fingerprint density at radius 3 is 2.44 bits per heavy atom. The summed E-state index contributed by atoms with van der Waals surface area (Å²) in [4.78, 5) is 27.2. The smallest absolute Gasteiger partial charge is 0.295 e. The maximum atomic E-state index is 13.0. The number of hydrogen-bond donors (Lipinski definition) is 1. The minimum Gasteiger partial charge on any atom is -0.507 e. The summed E-state index contributed by atoms with van der Waals surface area (Å²) < 4.78 is 16.1. The van der Waals surface area contributed by atoms with Gasteiger partial charge in [0.25, 0.3) is 11.7 Å². The van der Waals surface area contributed by atoms with E-state index >= 15 is 0 Å². The summed E-state index contributed by atoms with van der Waals surface area (Å²) in [5, 5.41) is 11.1. The first-order valence-electron chi connectivity index (χ1n) is 10.7. The Hall–Kier alpha value is -3.32. The molecule has 7 heteroatoms. The van der Waals surface area contributed by atoms with Gasteiger partial charge < -0.3 is 24.2 Å². The van der Waals surface area contributed by atoms with Gasteiger partial charge >= 0.3 is 0 Å². The molecule has 1 aliphatic rings. The molecule has 170 valence electrons. The van der Waals surface area contributed by atoms with Crippen LogP contribution in [0.2, 0.25) is 0 Å². The number of nitrogens with zero attached hydrogens (tertiary/aromatic N) is 1. The first kappa shape index (κ1) is 23.3. The van der Waals surface area contributed by atoms with E-state index in [0.29, 0.717) is 29.2 Å². The molecule has 1 atom stereocenters. The van der Waals surface area contributed by atoms with Crippen molar-refractivity contribution in [2.24, 2.45) is 0 Å². The number of methoxy groups -OCH3 is 2. The van der Waals surface area contributed by atoms with Crippen molar-refractivity contribution in [2.75, 3.05) is 34.0 Å². The maximum Gasteiger partial charge on any atom is 0.295 e. The Kier molecular flexibility index (Phi) is 7.89. The molecule has 0 aromatic heterocycles. The second-order valence-electron chi connectivity index (χ2n) is 7.49. The molecule has 32 heavy (non-hydrogen) atoms. The molecule has 1 unspecified atom stereocenters. The summed E-state index contributed by atoms with van der Waals surface area (Å²) in [5.41, 5.74) is 1.14. The van der Waals surface area contributed by atoms with Crippen molar-refractivity contribution < 1.29 is 28.9 Å². The van der Waals surface area contributed by atoms with Crippen LogP contribution in [-0.4, -0.2) is 55.7 Å². The molecule has 2 aromatic carbocycles. The SMILES string of the molecule is CCCCOc1ccc(C2/C(=C(\O)c3cccc(OC)c3)C(=O)C(=O)N2CCOC)cc1. The van der Waals surface area contributed by atoms with Gasteiger partial charge in [-0.3, -0.25) is 9.59 Å². The summed E-state index contributed by atoms with van der Waals surface area (Å²) in [6.45, 7) is 3.20. The van der Waals surface area contributed by atoms with Crippen LogP contribution in [0.25, 0.3) is 5.76 Å². The van der Waals surface area contributed by atoms with Gasteiger partial charge in [0.1, 0.15) is 17.3 Å². The molecule has 3 rings (SSSR count). The number of aliphatic hydroxyl groups excluding tert-OH is 1. The highest BCUT2D eigenvalue weighted by Crippen LogP contribution is 2.40. The molecule has 1 heterocycles. The van der Waals surface area contributed by atoms with Crippen LogP contribution in [-0.2, 0) is 14.3 Å². The normalized spacial score (nSPS) is 17.6. The number of benzene rings is 2. The summed E-state index contributed by atoms with van der Waals surface area (Å²) in [5.74, 6) is -0.387. The predicted molar refractivity (Wildman–Crippen MR) is 121 cm³/mol. The van der Waals surface area contributed by atoms with Crippen molar-refractivity contribution in [3.8, 4) is 11.5 Å². The highest BCUT2D eigenvalue weighted by Gasteiger charge is 2.45. The largest absolute Gasteiger partial charge is 0.507 e. The van der Waals surface area contributed by atoms with E-state index < -0.39 is 17.7 Å². The standard InChI is InChI=1S/C25H29NO6/c1-4-5-14-32-19-11-9-17(10-12-19)22-21(24(28)25(29)26(22)13-15-30-2)23(27)18-7-6-8-20(16-18)31-3/h6-12,16,22,27H,4-5,13-15H2,1-3H3/b23-21+. The van der Waals surface area contributed by atoms with Gasteiger partial charge in [0.15, 0.2) is 0 Å². The zero-order valence-corrected chi connectivity index (χ0v) is 18.7. The van der Waals surface area contributed by atoms with Crippen LogP contribution < -0.4 is 9.47 Å². The first-order chi connectivity index (χ1) is 15.5. The number of likely N-dealkylation sites (tertiary alicyclic amines) is 1. The number of Topliss-reactive ketones (excluding diaryl/α,β-unsaturated/α-hetero) is 1. The summed E-state index contributed by atoms with van der Waals surface area (Å²) >= 11 is 0. The molecule has 1 aliphatic heterocycles. The molecule has 0 spiro atoms. The van der Waals surface area contributed by atoms with Gasteiger partial charge in [0, 0.05) is 19.2 Å². The Balaban J connectivity index is 2.03. The first-order valence-corrected chi connectivity index (χ1v) is 10.7. The zero-order valence-electron chi connectivity index (χ0n) is 18.7. The van der Waals surface area contributed by atoms with Crippen LogP contribution in [0.1, 0.15) is 36.9 Å². The Morgan fingerprint density at radius 2 is 1.78 bits per heavy atom. The van der Waals surface area contributed by atoms with Gasteiger partial charge in [0.2, 0.25) is 0 Å². The van der Waals surface area contributed by atoms with Crippen LogP contribution in [0.3, 0.4) is 0 Å². The number of aliphatic hydroxyl groups is 1. The van der Waals surface area contributed by atoms with Crippen LogP contribution in [0.15, 0.2) is 54.1 Å². The minimum atomic E-state index is -0.735. The van der Waals surface area contributed by atoms with E-state index in [1.165, 1.54) is 19.1 Å². The Labute approximate surface area is 188 Å². The van der Waals surface area contributed by atoms with Crippen LogP contribution in [0.4, 0.5) is 0 Å². The minimum absolute atomic E-state index is 0.0407. The van der Waals surface area contributed by atoms with Gasteiger partial charge in [0.05, 0.1) is 31.9 Å². The zero-order chi connectivity index (χ0) is 23.1. The quantitative estimate of drug-likeness (QED) is 0.261. The third-order valence-corrected chi connectivity index (χ3v) is 5.38. The van der Waals surface area contributed by atoms with E-state index in [9.17, 15) is 14.7 Å². The van der Waals surface area contributed by atoms with Gasteiger partial charge in [-0.15, -0.1) is 0 Å². The monoisotopic (exact) mass is 439 g/mol. The predicted octanol–water partition coefficient (Wildman–Crippen LogP) is 3.94. The second kappa shape index (κ2) is 10.8. The number of rotatable bonds is 10. The molecule has 1 saturated heterocycles. The van der Waals surface area contributed by atoms with Crippen molar-refractivity contribution in [2.45, 2.75) is 25.8 Å². The molecule has 1 amide bonds. The molecule has 0 aliphatic carbocycles. The molecular weight excluding hydrogens is 410 g/mol. The molecule has 7 nitrogen and oxygen atoms in total. The van der Waals surface area contributed by atoms with Crippen molar-refractivity contribution in [3.05, 3.63) is 65.2 Å². The number of ether oxygens (including phenoxy) is 3. The number of amides is 1. The van der Waals surface area contributed by atoms with Gasteiger partial charge in [-0.1, -0.05) is 37.6 Å². The fourth-order valence-electron chi connectivity index (χ4n) is 3.65. The molecule has 0 radical (unpaired) electrons. The van der Waals surface area contributed by atoms with E-state index in [0.717, 1.165) is 12.8 Å². The van der Waals surface area contributed by atoms with E-state index in [2.05, 4.69) is 6.92 Å². The van der Waals surface area contributed by atoms with Gasteiger partial charge in [-0.25, -0.2) is 0 Å². The number of ketones is 1. The molecule has 1 fully saturated rings. The average molecular weight is 440 g/mol. The van der Waals surface area contributed by atoms with Crippen molar-refractivity contribution in [1.82, 2.24) is 4.90 Å². The maximum absolute atomic E-state index is 13.0. The van der Waals surface area contributed by atoms with E-state index in [-0.39, 0.29) is 24.5 Å². The highest BCUT2D eigenvalue weighted by molar-refractivity contribution is 6.46. The van der Waals surface area contributed by atoms with E-state index in [1.54, 1.807) is 24.3 Å².